The van der Waals surface area contributed by atoms with E-state index in [9.17, 15) is 0 Å². The monoisotopic (exact) mass is 316 g/mol. The molecule has 2 aromatic heterocycles. The maximum Gasteiger partial charge on any atom is 0.178 e. The summed E-state index contributed by atoms with van der Waals surface area (Å²) in [5.41, 5.74) is 0.793. The number of fused-ring (bicyclic) bond motifs is 1. The molecular formula is C16H24N6O. The zero-order valence-corrected chi connectivity index (χ0v) is 13.6. The Hall–Kier alpha value is -1.73. The van der Waals surface area contributed by atoms with E-state index in [1.807, 2.05) is 19.1 Å². The molecule has 0 radical (unpaired) electrons. The molecule has 4 rings (SSSR count). The van der Waals surface area contributed by atoms with E-state index in [2.05, 4.69) is 25.5 Å². The second-order valence-electron chi connectivity index (χ2n) is 6.68. The van der Waals surface area contributed by atoms with Crippen LogP contribution in [-0.2, 0) is 4.74 Å². The number of hydrogen-bond acceptors (Lipinski definition) is 6. The van der Waals surface area contributed by atoms with Gasteiger partial charge in [-0.15, -0.1) is 15.3 Å². The van der Waals surface area contributed by atoms with Crippen molar-refractivity contribution in [3.8, 4) is 0 Å². The molecule has 0 spiro atoms. The van der Waals surface area contributed by atoms with Crippen LogP contribution in [0.5, 0.6) is 0 Å². The zero-order valence-electron chi connectivity index (χ0n) is 13.6. The molecule has 23 heavy (non-hydrogen) atoms. The fraction of sp³-hybridized carbons (Fsp3) is 0.688. The molecule has 2 aromatic rings. The number of nitrogens with zero attached hydrogens (tertiary/aromatic N) is 5. The van der Waals surface area contributed by atoms with Crippen molar-refractivity contribution in [2.24, 2.45) is 5.92 Å². The van der Waals surface area contributed by atoms with Crippen molar-refractivity contribution in [3.05, 3.63) is 18.0 Å². The molecule has 0 saturated carbocycles. The predicted octanol–water partition coefficient (Wildman–Crippen LogP) is 1.35. The Labute approximate surface area is 136 Å². The van der Waals surface area contributed by atoms with Crippen molar-refractivity contribution in [1.82, 2.24) is 24.7 Å². The van der Waals surface area contributed by atoms with Crippen molar-refractivity contribution < 1.29 is 4.74 Å². The molecule has 2 aliphatic heterocycles. The fourth-order valence-corrected chi connectivity index (χ4v) is 3.53. The van der Waals surface area contributed by atoms with Gasteiger partial charge in [0.15, 0.2) is 11.5 Å². The van der Waals surface area contributed by atoms with Gasteiger partial charge in [0.25, 0.3) is 0 Å². The number of anilines is 1. The molecule has 1 atom stereocenters. The normalized spacial score (nSPS) is 23.6. The van der Waals surface area contributed by atoms with Crippen LogP contribution in [0.15, 0.2) is 12.1 Å². The van der Waals surface area contributed by atoms with Crippen LogP contribution in [0, 0.1) is 12.8 Å². The lowest BCUT2D eigenvalue weighted by molar-refractivity contribution is 0.154. The van der Waals surface area contributed by atoms with E-state index < -0.39 is 0 Å². The summed E-state index contributed by atoms with van der Waals surface area (Å²) in [7, 11) is 0. The van der Waals surface area contributed by atoms with Gasteiger partial charge in [0.05, 0.1) is 6.61 Å². The standard InChI is InChI=1S/C16H24N6O/c1-12-18-19-16-3-2-15(20-22(12)16)17-14-4-7-21(8-5-14)10-13-6-9-23-11-13/h2-3,13-14H,4-11H2,1H3,(H,17,20). The average molecular weight is 316 g/mol. The topological polar surface area (TPSA) is 67.6 Å². The number of rotatable bonds is 4. The second-order valence-corrected chi connectivity index (χ2v) is 6.68. The van der Waals surface area contributed by atoms with Gasteiger partial charge in [0.1, 0.15) is 5.82 Å². The van der Waals surface area contributed by atoms with Crippen LogP contribution >= 0.6 is 0 Å². The van der Waals surface area contributed by atoms with Crippen LogP contribution in [-0.4, -0.2) is 63.6 Å². The van der Waals surface area contributed by atoms with Crippen molar-refractivity contribution in [1.29, 1.82) is 0 Å². The maximum atomic E-state index is 5.48. The lowest BCUT2D eigenvalue weighted by atomic mass is 10.0. The van der Waals surface area contributed by atoms with Gasteiger partial charge in [-0.3, -0.25) is 0 Å². The Morgan fingerprint density at radius 2 is 2.09 bits per heavy atom. The minimum atomic E-state index is 0.493. The first-order valence-corrected chi connectivity index (χ1v) is 8.53. The van der Waals surface area contributed by atoms with Gasteiger partial charge < -0.3 is 15.0 Å². The van der Waals surface area contributed by atoms with E-state index in [1.165, 1.54) is 13.0 Å². The van der Waals surface area contributed by atoms with E-state index in [0.717, 1.165) is 62.4 Å². The van der Waals surface area contributed by atoms with Gasteiger partial charge >= 0.3 is 0 Å². The van der Waals surface area contributed by atoms with Gasteiger partial charge in [-0.05, 0) is 44.2 Å². The summed E-state index contributed by atoms with van der Waals surface area (Å²) in [4.78, 5) is 2.58. The van der Waals surface area contributed by atoms with E-state index in [1.54, 1.807) is 4.52 Å². The van der Waals surface area contributed by atoms with Gasteiger partial charge in [-0.25, -0.2) is 0 Å². The Kier molecular flexibility index (Phi) is 4.13. The number of ether oxygens (including phenoxy) is 1. The Morgan fingerprint density at radius 1 is 1.22 bits per heavy atom. The van der Waals surface area contributed by atoms with Crippen molar-refractivity contribution in [3.63, 3.8) is 0 Å². The molecule has 0 bridgehead atoms. The van der Waals surface area contributed by atoms with Crippen molar-refractivity contribution >= 4 is 11.5 Å². The molecule has 7 nitrogen and oxygen atoms in total. The van der Waals surface area contributed by atoms with Crippen molar-refractivity contribution in [2.75, 3.05) is 38.2 Å². The van der Waals surface area contributed by atoms with Crippen molar-refractivity contribution in [2.45, 2.75) is 32.2 Å². The molecule has 0 amide bonds. The molecule has 2 fully saturated rings. The minimum Gasteiger partial charge on any atom is -0.381 e. The van der Waals surface area contributed by atoms with Gasteiger partial charge in [0, 0.05) is 32.3 Å². The van der Waals surface area contributed by atoms with Gasteiger partial charge in [-0.1, -0.05) is 0 Å². The number of hydrogen-bond donors (Lipinski definition) is 1. The highest BCUT2D eigenvalue weighted by molar-refractivity contribution is 5.44. The second kappa shape index (κ2) is 6.41. The summed E-state index contributed by atoms with van der Waals surface area (Å²) in [6, 6.07) is 4.45. The highest BCUT2D eigenvalue weighted by Gasteiger charge is 2.24. The van der Waals surface area contributed by atoms with Gasteiger partial charge in [0.2, 0.25) is 0 Å². The average Bonchev–Trinajstić information content (AvgIpc) is 3.20. The molecule has 1 N–H and O–H groups in total. The van der Waals surface area contributed by atoms with E-state index >= 15 is 0 Å². The van der Waals surface area contributed by atoms with Crippen LogP contribution in [0.1, 0.15) is 25.1 Å². The Morgan fingerprint density at radius 3 is 2.87 bits per heavy atom. The summed E-state index contributed by atoms with van der Waals surface area (Å²) >= 11 is 0. The summed E-state index contributed by atoms with van der Waals surface area (Å²) in [5.74, 6) is 2.46. The number of piperidine rings is 1. The number of aromatic nitrogens is 4. The van der Waals surface area contributed by atoms with Crippen LogP contribution in [0.25, 0.3) is 5.65 Å². The van der Waals surface area contributed by atoms with Crippen LogP contribution < -0.4 is 5.32 Å². The van der Waals surface area contributed by atoms with E-state index in [0.29, 0.717) is 6.04 Å². The molecule has 0 aromatic carbocycles. The van der Waals surface area contributed by atoms with E-state index in [4.69, 9.17) is 4.74 Å². The zero-order chi connectivity index (χ0) is 15.6. The van der Waals surface area contributed by atoms with E-state index in [-0.39, 0.29) is 0 Å². The fourth-order valence-electron chi connectivity index (χ4n) is 3.53. The molecule has 2 aliphatic rings. The maximum absolute atomic E-state index is 5.48. The first-order valence-electron chi connectivity index (χ1n) is 8.53. The van der Waals surface area contributed by atoms with Crippen LogP contribution in [0.2, 0.25) is 0 Å². The lowest BCUT2D eigenvalue weighted by Crippen LogP contribution is -2.41. The highest BCUT2D eigenvalue weighted by atomic mass is 16.5. The first kappa shape index (κ1) is 14.8. The molecule has 1 unspecified atom stereocenters. The summed E-state index contributed by atoms with van der Waals surface area (Å²) in [6.45, 7) is 7.31. The van der Waals surface area contributed by atoms with Crippen LogP contribution in [0.3, 0.4) is 0 Å². The minimum absolute atomic E-state index is 0.493. The largest absolute Gasteiger partial charge is 0.381 e. The summed E-state index contributed by atoms with van der Waals surface area (Å²) in [6.07, 6.45) is 3.54. The smallest absolute Gasteiger partial charge is 0.178 e. The third kappa shape index (κ3) is 3.30. The highest BCUT2D eigenvalue weighted by Crippen LogP contribution is 2.19. The lowest BCUT2D eigenvalue weighted by Gasteiger charge is -2.33. The number of aryl methyl sites for hydroxylation is 1. The Bertz CT molecular complexity index is 658. The molecule has 4 heterocycles. The third-order valence-electron chi connectivity index (χ3n) is 4.90. The first-order chi connectivity index (χ1) is 11.3. The predicted molar refractivity (Wildman–Crippen MR) is 87.5 cm³/mol. The number of nitrogens with one attached hydrogen (secondary N) is 1. The summed E-state index contributed by atoms with van der Waals surface area (Å²) in [5, 5.41) is 16.3. The number of likely N-dealkylation sites (tertiary alicyclic amines) is 1. The summed E-state index contributed by atoms with van der Waals surface area (Å²) < 4.78 is 7.27. The molecule has 0 aliphatic carbocycles. The third-order valence-corrected chi connectivity index (χ3v) is 4.90. The SMILES string of the molecule is Cc1nnc2ccc(NC3CCN(CC4CCOC4)CC3)nn12. The molecular weight excluding hydrogens is 292 g/mol. The molecule has 124 valence electrons. The van der Waals surface area contributed by atoms with Gasteiger partial charge in [-0.2, -0.15) is 4.52 Å². The van der Waals surface area contributed by atoms with Crippen LogP contribution in [0.4, 0.5) is 5.82 Å². The Balaban J connectivity index is 1.32. The quantitative estimate of drug-likeness (QED) is 0.918. The molecule has 2 saturated heterocycles. The molecule has 7 heteroatoms.